The van der Waals surface area contributed by atoms with Crippen molar-refractivity contribution in [2.45, 2.75) is 30.9 Å². The van der Waals surface area contributed by atoms with Crippen molar-refractivity contribution >= 4 is 5.91 Å². The fraction of sp³-hybridized carbons (Fsp3) is 0.348. The van der Waals surface area contributed by atoms with E-state index in [0.717, 1.165) is 41.0 Å². The number of carbonyl (C=O) groups is 1. The number of carbonyl (C=O) groups excluding carboxylic acids is 1. The standard InChI is InChI=1S/C23H23N3O5/c1-28-20-4-7-24-12-17(20)15-2-3-21-16(10-15)18(26-22(27)19-13-30-14-25-19)11-23(31-21)5-8-29-9-6-23/h2-4,7,10,12-14,18H,5-6,8-9,11H2,1H3,(H,26,27). The SMILES string of the molecule is COc1ccncc1-c1ccc2c(c1)C(NC(=O)c1cocn1)CC1(CCOCC1)O2. The first-order valence-corrected chi connectivity index (χ1v) is 10.3. The molecule has 1 amide bonds. The van der Waals surface area contributed by atoms with Gasteiger partial charge in [-0.05, 0) is 23.8 Å². The second kappa shape index (κ2) is 8.03. The van der Waals surface area contributed by atoms with Gasteiger partial charge in [-0.1, -0.05) is 6.07 Å². The van der Waals surface area contributed by atoms with Crippen molar-refractivity contribution in [2.24, 2.45) is 0 Å². The van der Waals surface area contributed by atoms with Crippen molar-refractivity contribution in [1.29, 1.82) is 0 Å². The van der Waals surface area contributed by atoms with E-state index in [1.54, 1.807) is 19.5 Å². The van der Waals surface area contributed by atoms with E-state index >= 15 is 0 Å². The Bertz CT molecular complexity index is 1080. The van der Waals surface area contributed by atoms with Crippen LogP contribution in [0.2, 0.25) is 0 Å². The summed E-state index contributed by atoms with van der Waals surface area (Å²) in [6.07, 6.45) is 8.27. The van der Waals surface area contributed by atoms with Crippen molar-refractivity contribution < 1.29 is 23.4 Å². The van der Waals surface area contributed by atoms with Gasteiger partial charge in [0.2, 0.25) is 0 Å². The molecule has 3 aromatic rings. The average molecular weight is 421 g/mol. The first kappa shape index (κ1) is 19.6. The topological polar surface area (TPSA) is 95.7 Å². The van der Waals surface area contributed by atoms with Crippen molar-refractivity contribution in [2.75, 3.05) is 20.3 Å². The monoisotopic (exact) mass is 421 g/mol. The van der Waals surface area contributed by atoms with Crippen molar-refractivity contribution in [3.8, 4) is 22.6 Å². The summed E-state index contributed by atoms with van der Waals surface area (Å²) >= 11 is 0. The van der Waals surface area contributed by atoms with Crippen LogP contribution in [-0.4, -0.2) is 41.8 Å². The summed E-state index contributed by atoms with van der Waals surface area (Å²) in [4.78, 5) is 21.0. The first-order valence-electron chi connectivity index (χ1n) is 10.3. The molecule has 0 bridgehead atoms. The number of aromatic nitrogens is 2. The van der Waals surface area contributed by atoms with Crippen LogP contribution in [0.4, 0.5) is 0 Å². The summed E-state index contributed by atoms with van der Waals surface area (Å²) in [6.45, 7) is 1.29. The number of benzene rings is 1. The maximum absolute atomic E-state index is 12.8. The van der Waals surface area contributed by atoms with Gasteiger partial charge in [0.15, 0.2) is 12.1 Å². The van der Waals surface area contributed by atoms with Gasteiger partial charge in [-0.3, -0.25) is 9.78 Å². The smallest absolute Gasteiger partial charge is 0.273 e. The molecule has 4 heterocycles. The number of nitrogens with one attached hydrogen (secondary N) is 1. The van der Waals surface area contributed by atoms with Crippen LogP contribution >= 0.6 is 0 Å². The first-order chi connectivity index (χ1) is 15.2. The molecule has 1 aromatic carbocycles. The third kappa shape index (κ3) is 3.74. The van der Waals surface area contributed by atoms with Gasteiger partial charge in [0.05, 0.1) is 26.4 Å². The molecular formula is C23H23N3O5. The normalized spacial score (nSPS) is 19.3. The summed E-state index contributed by atoms with van der Waals surface area (Å²) in [5.74, 6) is 1.22. The van der Waals surface area contributed by atoms with E-state index in [1.165, 1.54) is 12.7 Å². The third-order valence-corrected chi connectivity index (χ3v) is 5.97. The molecule has 2 aliphatic rings. The van der Waals surface area contributed by atoms with Gasteiger partial charge in [-0.2, -0.15) is 0 Å². The molecule has 8 nitrogen and oxygen atoms in total. The van der Waals surface area contributed by atoms with E-state index in [0.29, 0.717) is 19.6 Å². The van der Waals surface area contributed by atoms with Gasteiger partial charge >= 0.3 is 0 Å². The molecule has 8 heteroatoms. The number of pyridine rings is 1. The fourth-order valence-electron chi connectivity index (χ4n) is 4.35. The molecule has 1 saturated heterocycles. The minimum Gasteiger partial charge on any atom is -0.496 e. The molecule has 1 spiro atoms. The quantitative estimate of drug-likeness (QED) is 0.688. The zero-order valence-electron chi connectivity index (χ0n) is 17.2. The van der Waals surface area contributed by atoms with Gasteiger partial charge in [-0.25, -0.2) is 4.98 Å². The molecule has 2 aromatic heterocycles. The minimum absolute atomic E-state index is 0.242. The van der Waals surface area contributed by atoms with Crippen LogP contribution < -0.4 is 14.8 Å². The minimum atomic E-state index is -0.361. The Balaban J connectivity index is 1.54. The second-order valence-electron chi connectivity index (χ2n) is 7.83. The highest BCUT2D eigenvalue weighted by Crippen LogP contribution is 2.45. The number of hydrogen-bond donors (Lipinski definition) is 1. The molecule has 0 aliphatic carbocycles. The summed E-state index contributed by atoms with van der Waals surface area (Å²) < 4.78 is 22.5. The number of amides is 1. The van der Waals surface area contributed by atoms with E-state index in [-0.39, 0.29) is 23.2 Å². The lowest BCUT2D eigenvalue weighted by Crippen LogP contribution is -2.48. The average Bonchev–Trinajstić information content (AvgIpc) is 3.35. The zero-order valence-corrected chi connectivity index (χ0v) is 17.2. The lowest BCUT2D eigenvalue weighted by Gasteiger charge is -2.44. The van der Waals surface area contributed by atoms with Gasteiger partial charge in [0.1, 0.15) is 23.4 Å². The number of fused-ring (bicyclic) bond motifs is 1. The number of nitrogens with zero attached hydrogens (tertiary/aromatic N) is 2. The fourth-order valence-corrected chi connectivity index (χ4v) is 4.35. The number of hydrogen-bond acceptors (Lipinski definition) is 7. The summed E-state index contributed by atoms with van der Waals surface area (Å²) in [7, 11) is 1.64. The van der Waals surface area contributed by atoms with Crippen molar-refractivity contribution in [3.05, 3.63) is 60.6 Å². The predicted molar refractivity (Wildman–Crippen MR) is 111 cm³/mol. The van der Waals surface area contributed by atoms with Crippen molar-refractivity contribution in [3.63, 3.8) is 0 Å². The molecule has 31 heavy (non-hydrogen) atoms. The summed E-state index contributed by atoms with van der Waals surface area (Å²) in [5.41, 5.74) is 2.62. The van der Waals surface area contributed by atoms with E-state index in [4.69, 9.17) is 18.6 Å². The Morgan fingerprint density at radius 2 is 2.13 bits per heavy atom. The summed E-state index contributed by atoms with van der Waals surface area (Å²) in [6, 6.07) is 7.57. The third-order valence-electron chi connectivity index (χ3n) is 5.97. The molecule has 5 rings (SSSR count). The molecule has 1 unspecified atom stereocenters. The summed E-state index contributed by atoms with van der Waals surface area (Å²) in [5, 5.41) is 3.13. The Kier molecular flexibility index (Phi) is 5.07. The highest BCUT2D eigenvalue weighted by molar-refractivity contribution is 5.92. The second-order valence-corrected chi connectivity index (χ2v) is 7.83. The predicted octanol–water partition coefficient (Wildman–Crippen LogP) is 3.55. The highest BCUT2D eigenvalue weighted by atomic mass is 16.5. The highest BCUT2D eigenvalue weighted by Gasteiger charge is 2.43. The Morgan fingerprint density at radius 1 is 1.26 bits per heavy atom. The molecule has 160 valence electrons. The van der Waals surface area contributed by atoms with Crippen molar-refractivity contribution in [1.82, 2.24) is 15.3 Å². The van der Waals surface area contributed by atoms with Gasteiger partial charge in [0, 0.05) is 42.8 Å². The van der Waals surface area contributed by atoms with Crippen LogP contribution in [0.15, 0.2) is 53.7 Å². The molecule has 1 atom stereocenters. The lowest BCUT2D eigenvalue weighted by molar-refractivity contribution is -0.0639. The Hall–Kier alpha value is -3.39. The molecule has 0 saturated carbocycles. The van der Waals surface area contributed by atoms with E-state index in [2.05, 4.69) is 15.3 Å². The van der Waals surface area contributed by atoms with Crippen LogP contribution in [0.1, 0.15) is 41.4 Å². The van der Waals surface area contributed by atoms with E-state index in [1.807, 2.05) is 24.3 Å². The molecule has 0 radical (unpaired) electrons. The molecule has 1 N–H and O–H groups in total. The van der Waals surface area contributed by atoms with Gasteiger partial charge in [-0.15, -0.1) is 0 Å². The van der Waals surface area contributed by atoms with E-state index in [9.17, 15) is 4.79 Å². The number of rotatable bonds is 4. The Labute approximate surface area is 179 Å². The molecular weight excluding hydrogens is 398 g/mol. The zero-order chi connectivity index (χ0) is 21.3. The molecule has 2 aliphatic heterocycles. The lowest BCUT2D eigenvalue weighted by atomic mass is 9.81. The van der Waals surface area contributed by atoms with Crippen LogP contribution in [0.3, 0.4) is 0 Å². The molecule has 1 fully saturated rings. The largest absolute Gasteiger partial charge is 0.496 e. The van der Waals surface area contributed by atoms with Gasteiger partial charge in [0.25, 0.3) is 5.91 Å². The Morgan fingerprint density at radius 3 is 2.90 bits per heavy atom. The van der Waals surface area contributed by atoms with Crippen LogP contribution in [0.25, 0.3) is 11.1 Å². The van der Waals surface area contributed by atoms with E-state index < -0.39 is 0 Å². The number of oxazole rings is 1. The maximum Gasteiger partial charge on any atom is 0.273 e. The van der Waals surface area contributed by atoms with Crippen LogP contribution in [-0.2, 0) is 4.74 Å². The van der Waals surface area contributed by atoms with Gasteiger partial charge < -0.3 is 23.9 Å². The van der Waals surface area contributed by atoms with Crippen LogP contribution in [0, 0.1) is 0 Å². The van der Waals surface area contributed by atoms with Crippen LogP contribution in [0.5, 0.6) is 11.5 Å². The number of methoxy groups -OCH3 is 1. The number of ether oxygens (including phenoxy) is 3. The maximum atomic E-state index is 12.8.